The van der Waals surface area contributed by atoms with E-state index in [0.717, 1.165) is 80.6 Å². The Labute approximate surface area is 180 Å². The Morgan fingerprint density at radius 2 is 2.07 bits per heavy atom. The molecule has 3 aliphatic rings. The molecule has 0 aliphatic carbocycles. The molecule has 3 aliphatic heterocycles. The molecule has 1 aromatic carbocycles. The van der Waals surface area contributed by atoms with Gasteiger partial charge < -0.3 is 24.7 Å². The van der Waals surface area contributed by atoms with E-state index in [4.69, 9.17) is 14.9 Å². The van der Waals surface area contributed by atoms with Gasteiger partial charge in [0.25, 0.3) is 0 Å². The average Bonchev–Trinajstić information content (AvgIpc) is 3.60. The summed E-state index contributed by atoms with van der Waals surface area (Å²) >= 11 is 1.79. The van der Waals surface area contributed by atoms with Gasteiger partial charge in [-0.05, 0) is 36.3 Å². The number of hydrogen-bond acceptors (Lipinski definition) is 9. The van der Waals surface area contributed by atoms with Gasteiger partial charge in [-0.1, -0.05) is 0 Å². The minimum atomic E-state index is -0.0217. The van der Waals surface area contributed by atoms with Crippen LogP contribution in [0.25, 0.3) is 10.9 Å². The lowest BCUT2D eigenvalue weighted by molar-refractivity contribution is 0.122. The van der Waals surface area contributed by atoms with E-state index in [-0.39, 0.29) is 5.60 Å². The van der Waals surface area contributed by atoms with Crippen molar-refractivity contribution in [2.45, 2.75) is 18.4 Å². The van der Waals surface area contributed by atoms with Crippen LogP contribution in [0.2, 0.25) is 0 Å². The van der Waals surface area contributed by atoms with Crippen molar-refractivity contribution in [2.24, 2.45) is 5.92 Å². The predicted molar refractivity (Wildman–Crippen MR) is 120 cm³/mol. The molecule has 0 bridgehead atoms. The van der Waals surface area contributed by atoms with Gasteiger partial charge in [-0.15, -0.1) is 10.2 Å². The summed E-state index contributed by atoms with van der Waals surface area (Å²) in [7, 11) is 0. The first kappa shape index (κ1) is 20.0. The van der Waals surface area contributed by atoms with E-state index < -0.39 is 0 Å². The highest BCUT2D eigenvalue weighted by molar-refractivity contribution is 7.99. The van der Waals surface area contributed by atoms with Crippen LogP contribution in [0.4, 0.5) is 11.5 Å². The molecule has 0 spiro atoms. The van der Waals surface area contributed by atoms with Gasteiger partial charge >= 0.3 is 0 Å². The molecule has 5 rings (SSSR count). The topological polar surface area (TPSA) is 90.8 Å². The number of aromatic nitrogens is 3. The molecule has 160 valence electrons. The van der Waals surface area contributed by atoms with Crippen LogP contribution in [0.1, 0.15) is 12.8 Å². The van der Waals surface area contributed by atoms with E-state index in [9.17, 15) is 0 Å². The lowest BCUT2D eigenvalue weighted by Gasteiger charge is -2.36. The van der Waals surface area contributed by atoms with Crippen molar-refractivity contribution < 1.29 is 9.47 Å². The number of fused-ring (bicyclic) bond motifs is 1. The third-order valence-electron chi connectivity index (χ3n) is 6.42. The number of benzene rings is 1. The van der Waals surface area contributed by atoms with Crippen LogP contribution in [0, 0.1) is 11.3 Å². The van der Waals surface area contributed by atoms with Crippen LogP contribution in [-0.2, 0) is 9.47 Å². The normalized spacial score (nSPS) is 26.7. The fourth-order valence-electron chi connectivity index (χ4n) is 4.63. The van der Waals surface area contributed by atoms with Gasteiger partial charge in [0.2, 0.25) is 0 Å². The summed E-state index contributed by atoms with van der Waals surface area (Å²) in [5, 5.41) is 21.2. The molecule has 1 N–H and O–H groups in total. The third-order valence-corrected chi connectivity index (χ3v) is 7.51. The molecule has 9 heteroatoms. The SMILES string of the molecule is N=CCSCC1(C2CCCN(c3nnnc4cc(N5CCOCC5)ccc34)C2)CO1. The molecule has 3 fully saturated rings. The summed E-state index contributed by atoms with van der Waals surface area (Å²) in [4.78, 5) is 4.70. The van der Waals surface area contributed by atoms with Crippen molar-refractivity contribution >= 4 is 40.4 Å². The lowest BCUT2D eigenvalue weighted by atomic mass is 9.86. The number of rotatable bonds is 7. The number of epoxide rings is 1. The van der Waals surface area contributed by atoms with Crippen LogP contribution >= 0.6 is 11.8 Å². The molecular formula is C21H28N6O2S. The Morgan fingerprint density at radius 3 is 2.87 bits per heavy atom. The number of morpholine rings is 1. The van der Waals surface area contributed by atoms with Crippen molar-refractivity contribution in [3.63, 3.8) is 0 Å². The van der Waals surface area contributed by atoms with E-state index in [2.05, 4.69) is 43.4 Å². The Hall–Kier alpha value is -1.97. The zero-order chi connectivity index (χ0) is 20.4. The van der Waals surface area contributed by atoms with Crippen molar-refractivity contribution in [1.29, 1.82) is 5.41 Å². The molecule has 2 unspecified atom stereocenters. The summed E-state index contributed by atoms with van der Waals surface area (Å²) < 4.78 is 11.4. The van der Waals surface area contributed by atoms with E-state index in [1.807, 2.05) is 0 Å². The maximum atomic E-state index is 7.25. The minimum absolute atomic E-state index is 0.0217. The smallest absolute Gasteiger partial charge is 0.162 e. The molecule has 0 radical (unpaired) electrons. The van der Waals surface area contributed by atoms with Gasteiger partial charge in [-0.25, -0.2) is 0 Å². The Balaban J connectivity index is 1.35. The van der Waals surface area contributed by atoms with Gasteiger partial charge in [0, 0.05) is 60.9 Å². The first-order chi connectivity index (χ1) is 14.8. The molecular weight excluding hydrogens is 400 g/mol. The molecule has 30 heavy (non-hydrogen) atoms. The number of nitrogens with zero attached hydrogens (tertiary/aromatic N) is 5. The Morgan fingerprint density at radius 1 is 1.20 bits per heavy atom. The average molecular weight is 429 g/mol. The zero-order valence-corrected chi connectivity index (χ0v) is 17.9. The molecule has 0 amide bonds. The van der Waals surface area contributed by atoms with Gasteiger partial charge in [0.15, 0.2) is 5.82 Å². The Kier molecular flexibility index (Phi) is 5.75. The fourth-order valence-corrected chi connectivity index (χ4v) is 5.61. The maximum Gasteiger partial charge on any atom is 0.162 e. The highest BCUT2D eigenvalue weighted by Crippen LogP contribution is 2.43. The molecule has 2 atom stereocenters. The van der Waals surface area contributed by atoms with Crippen molar-refractivity contribution in [3.8, 4) is 0 Å². The number of ether oxygens (including phenoxy) is 2. The molecule has 2 aromatic rings. The van der Waals surface area contributed by atoms with E-state index >= 15 is 0 Å². The minimum Gasteiger partial charge on any atom is -0.378 e. The van der Waals surface area contributed by atoms with E-state index in [0.29, 0.717) is 5.92 Å². The lowest BCUT2D eigenvalue weighted by Crippen LogP contribution is -2.43. The molecule has 8 nitrogen and oxygen atoms in total. The molecule has 1 aromatic heterocycles. The molecule has 4 heterocycles. The number of piperidine rings is 1. The summed E-state index contributed by atoms with van der Waals surface area (Å²) in [6, 6.07) is 6.44. The van der Waals surface area contributed by atoms with E-state index in [1.54, 1.807) is 11.8 Å². The van der Waals surface area contributed by atoms with Crippen molar-refractivity contribution in [2.75, 3.05) is 67.3 Å². The monoisotopic (exact) mass is 428 g/mol. The Bertz CT molecular complexity index is 902. The molecule has 0 saturated carbocycles. The maximum absolute atomic E-state index is 7.25. The van der Waals surface area contributed by atoms with Gasteiger partial charge in [-0.3, -0.25) is 0 Å². The van der Waals surface area contributed by atoms with Crippen LogP contribution < -0.4 is 9.80 Å². The van der Waals surface area contributed by atoms with Crippen molar-refractivity contribution in [3.05, 3.63) is 18.2 Å². The number of thioether (sulfide) groups is 1. The molecule has 3 saturated heterocycles. The standard InChI is InChI=1S/C21H28N6O2S/c22-5-11-30-15-21(14-29-21)16-2-1-6-27(13-16)20-18-4-3-17(12-19(18)23-25-24-20)26-7-9-28-10-8-26/h3-5,12,16,22H,1-2,6-11,13-15H2. The number of hydrogen-bond donors (Lipinski definition) is 1. The summed E-state index contributed by atoms with van der Waals surface area (Å²) in [6.07, 6.45) is 3.78. The second-order valence-corrected chi connectivity index (χ2v) is 9.30. The van der Waals surface area contributed by atoms with Gasteiger partial charge in [0.1, 0.15) is 11.1 Å². The quantitative estimate of drug-likeness (QED) is 0.408. The van der Waals surface area contributed by atoms with Crippen molar-refractivity contribution in [1.82, 2.24) is 15.4 Å². The van der Waals surface area contributed by atoms with Crippen LogP contribution in [0.15, 0.2) is 18.2 Å². The number of anilines is 2. The first-order valence-electron chi connectivity index (χ1n) is 10.7. The fraction of sp³-hybridized carbons (Fsp3) is 0.619. The van der Waals surface area contributed by atoms with Gasteiger partial charge in [0.05, 0.1) is 19.8 Å². The summed E-state index contributed by atoms with van der Waals surface area (Å²) in [5.74, 6) is 3.14. The van der Waals surface area contributed by atoms with Crippen LogP contribution in [0.3, 0.4) is 0 Å². The predicted octanol–water partition coefficient (Wildman–Crippen LogP) is 2.23. The number of nitrogens with one attached hydrogen (secondary N) is 1. The second-order valence-electron chi connectivity index (χ2n) is 8.27. The highest BCUT2D eigenvalue weighted by Gasteiger charge is 2.52. The largest absolute Gasteiger partial charge is 0.378 e. The van der Waals surface area contributed by atoms with E-state index in [1.165, 1.54) is 18.3 Å². The summed E-state index contributed by atoms with van der Waals surface area (Å²) in [6.45, 7) is 6.10. The zero-order valence-electron chi connectivity index (χ0n) is 17.1. The highest BCUT2D eigenvalue weighted by atomic mass is 32.2. The van der Waals surface area contributed by atoms with Crippen LogP contribution in [-0.4, -0.2) is 84.7 Å². The third kappa shape index (κ3) is 3.98. The van der Waals surface area contributed by atoms with Crippen LogP contribution in [0.5, 0.6) is 0 Å². The summed E-state index contributed by atoms with van der Waals surface area (Å²) in [5.41, 5.74) is 2.04. The van der Waals surface area contributed by atoms with Gasteiger partial charge in [-0.2, -0.15) is 11.8 Å². The first-order valence-corrected chi connectivity index (χ1v) is 11.9. The second kappa shape index (κ2) is 8.64.